The summed E-state index contributed by atoms with van der Waals surface area (Å²) in [4.78, 5) is 28.1. The van der Waals surface area contributed by atoms with Crippen LogP contribution in [-0.2, 0) is 9.59 Å². The Bertz CT molecular complexity index is 588. The van der Waals surface area contributed by atoms with Crippen molar-refractivity contribution in [3.05, 3.63) is 30.1 Å². The number of carbonyl (C=O) groups excluding carboxylic acids is 2. The molecule has 0 radical (unpaired) electrons. The summed E-state index contributed by atoms with van der Waals surface area (Å²) >= 11 is 0. The smallest absolute Gasteiger partial charge is 0.238 e. The van der Waals surface area contributed by atoms with Crippen molar-refractivity contribution in [3.63, 3.8) is 0 Å². The van der Waals surface area contributed by atoms with Gasteiger partial charge in [-0.15, -0.1) is 0 Å². The molecule has 0 aliphatic carbocycles. The number of rotatable bonds is 7. The molecule has 0 bridgehead atoms. The number of carbonyl (C=O) groups is 2. The first-order chi connectivity index (χ1) is 12.0. The van der Waals surface area contributed by atoms with Crippen molar-refractivity contribution < 1.29 is 14.0 Å². The zero-order valence-electron chi connectivity index (χ0n) is 14.9. The third-order valence-electron chi connectivity index (χ3n) is 4.33. The van der Waals surface area contributed by atoms with E-state index in [4.69, 9.17) is 0 Å². The van der Waals surface area contributed by atoms with Gasteiger partial charge in [0, 0.05) is 37.9 Å². The van der Waals surface area contributed by atoms with Crippen LogP contribution < -0.4 is 10.6 Å². The molecule has 1 aliphatic rings. The van der Waals surface area contributed by atoms with Crippen molar-refractivity contribution in [2.45, 2.75) is 26.3 Å². The maximum Gasteiger partial charge on any atom is 0.238 e. The second-order valence-corrected chi connectivity index (χ2v) is 6.49. The molecule has 1 aromatic carbocycles. The fraction of sp³-hybridized carbons (Fsp3) is 0.556. The van der Waals surface area contributed by atoms with Gasteiger partial charge >= 0.3 is 0 Å². The predicted octanol–water partition coefficient (Wildman–Crippen LogP) is 1.30. The van der Waals surface area contributed by atoms with Gasteiger partial charge in [0.05, 0.1) is 13.1 Å². The molecule has 7 heteroatoms. The summed E-state index contributed by atoms with van der Waals surface area (Å²) in [5, 5.41) is 5.67. The standard InChI is InChI=1S/C18H27FN4O2/c1-3-14(2)20-17(24)12-22-7-9-23(10-8-22)13-18(25)21-16-6-4-5-15(19)11-16/h4-6,11,14H,3,7-10,12-13H2,1-2H3,(H,20,24)(H,21,25)/t14-/m1/s1. The highest BCUT2D eigenvalue weighted by molar-refractivity contribution is 5.92. The Hall–Kier alpha value is -1.99. The average Bonchev–Trinajstić information content (AvgIpc) is 2.56. The van der Waals surface area contributed by atoms with Crippen molar-refractivity contribution >= 4 is 17.5 Å². The molecular weight excluding hydrogens is 323 g/mol. The van der Waals surface area contributed by atoms with E-state index in [1.807, 2.05) is 18.7 Å². The molecule has 2 rings (SSSR count). The highest BCUT2D eigenvalue weighted by Gasteiger charge is 2.21. The second kappa shape index (κ2) is 9.48. The van der Waals surface area contributed by atoms with Crippen LogP contribution in [0.15, 0.2) is 24.3 Å². The summed E-state index contributed by atoms with van der Waals surface area (Å²) in [6.07, 6.45) is 0.917. The SMILES string of the molecule is CC[C@@H](C)NC(=O)CN1CCN(CC(=O)Nc2cccc(F)c2)CC1. The lowest BCUT2D eigenvalue weighted by atomic mass is 10.2. The Labute approximate surface area is 148 Å². The summed E-state index contributed by atoms with van der Waals surface area (Å²) in [5.74, 6) is -0.484. The Kier molecular flexibility index (Phi) is 7.33. The minimum absolute atomic E-state index is 0.0478. The molecule has 6 nitrogen and oxygen atoms in total. The monoisotopic (exact) mass is 350 g/mol. The number of anilines is 1. The van der Waals surface area contributed by atoms with Crippen LogP contribution in [0, 0.1) is 5.82 Å². The van der Waals surface area contributed by atoms with E-state index in [-0.39, 0.29) is 30.2 Å². The molecule has 0 unspecified atom stereocenters. The molecule has 1 heterocycles. The lowest BCUT2D eigenvalue weighted by molar-refractivity contribution is -0.124. The van der Waals surface area contributed by atoms with Crippen LogP contribution in [-0.4, -0.2) is 66.9 Å². The lowest BCUT2D eigenvalue weighted by Crippen LogP contribution is -2.51. The van der Waals surface area contributed by atoms with Crippen molar-refractivity contribution in [3.8, 4) is 0 Å². The largest absolute Gasteiger partial charge is 0.353 e. The van der Waals surface area contributed by atoms with Gasteiger partial charge in [0.15, 0.2) is 0 Å². The number of piperazine rings is 1. The molecule has 1 saturated heterocycles. The summed E-state index contributed by atoms with van der Waals surface area (Å²) in [6.45, 7) is 7.66. The van der Waals surface area contributed by atoms with Gasteiger partial charge in [0.2, 0.25) is 11.8 Å². The van der Waals surface area contributed by atoms with E-state index < -0.39 is 0 Å². The van der Waals surface area contributed by atoms with Crippen LogP contribution in [0.1, 0.15) is 20.3 Å². The molecule has 2 N–H and O–H groups in total. The fourth-order valence-electron chi connectivity index (χ4n) is 2.70. The number of halogens is 1. The van der Waals surface area contributed by atoms with Gasteiger partial charge in [0.1, 0.15) is 5.82 Å². The normalized spacial score (nSPS) is 17.1. The predicted molar refractivity (Wildman–Crippen MR) is 95.8 cm³/mol. The molecule has 0 spiro atoms. The van der Waals surface area contributed by atoms with Crippen LogP contribution in [0.2, 0.25) is 0 Å². The molecular formula is C18H27FN4O2. The Morgan fingerprint density at radius 2 is 1.72 bits per heavy atom. The summed E-state index contributed by atoms with van der Waals surface area (Å²) in [7, 11) is 0. The second-order valence-electron chi connectivity index (χ2n) is 6.49. The summed E-state index contributed by atoms with van der Waals surface area (Å²) in [5.41, 5.74) is 0.463. The fourth-order valence-corrected chi connectivity index (χ4v) is 2.70. The molecule has 25 heavy (non-hydrogen) atoms. The van der Waals surface area contributed by atoms with Crippen molar-refractivity contribution in [2.75, 3.05) is 44.6 Å². The first kappa shape index (κ1) is 19.3. The molecule has 2 amide bonds. The van der Waals surface area contributed by atoms with Gasteiger partial charge in [-0.25, -0.2) is 4.39 Å². The van der Waals surface area contributed by atoms with Gasteiger partial charge in [0.25, 0.3) is 0 Å². The van der Waals surface area contributed by atoms with Crippen molar-refractivity contribution in [1.29, 1.82) is 0 Å². The molecule has 1 fully saturated rings. The van der Waals surface area contributed by atoms with E-state index in [1.54, 1.807) is 12.1 Å². The third-order valence-corrected chi connectivity index (χ3v) is 4.33. The third kappa shape index (κ3) is 6.80. The van der Waals surface area contributed by atoms with Crippen LogP contribution in [0.25, 0.3) is 0 Å². The molecule has 0 saturated carbocycles. The van der Waals surface area contributed by atoms with Crippen molar-refractivity contribution in [2.24, 2.45) is 0 Å². The van der Waals surface area contributed by atoms with Crippen LogP contribution >= 0.6 is 0 Å². The Balaban J connectivity index is 1.69. The molecule has 1 atom stereocenters. The van der Waals surface area contributed by atoms with E-state index in [1.165, 1.54) is 12.1 Å². The maximum absolute atomic E-state index is 13.1. The molecule has 0 aromatic heterocycles. The van der Waals surface area contributed by atoms with E-state index >= 15 is 0 Å². The van der Waals surface area contributed by atoms with Gasteiger partial charge in [-0.3, -0.25) is 19.4 Å². The Morgan fingerprint density at radius 1 is 1.12 bits per heavy atom. The van der Waals surface area contributed by atoms with Crippen LogP contribution in [0.5, 0.6) is 0 Å². The Morgan fingerprint density at radius 3 is 2.28 bits per heavy atom. The zero-order valence-corrected chi connectivity index (χ0v) is 14.9. The van der Waals surface area contributed by atoms with Crippen LogP contribution in [0.3, 0.4) is 0 Å². The van der Waals surface area contributed by atoms with E-state index in [0.29, 0.717) is 12.2 Å². The summed E-state index contributed by atoms with van der Waals surface area (Å²) < 4.78 is 13.1. The van der Waals surface area contributed by atoms with Gasteiger partial charge in [-0.05, 0) is 31.5 Å². The molecule has 1 aromatic rings. The highest BCUT2D eigenvalue weighted by atomic mass is 19.1. The maximum atomic E-state index is 13.1. The number of hydrogen-bond donors (Lipinski definition) is 2. The minimum Gasteiger partial charge on any atom is -0.353 e. The van der Waals surface area contributed by atoms with Gasteiger partial charge in [-0.2, -0.15) is 0 Å². The number of amides is 2. The number of benzene rings is 1. The van der Waals surface area contributed by atoms with Gasteiger partial charge in [-0.1, -0.05) is 13.0 Å². The minimum atomic E-state index is -0.373. The first-order valence-electron chi connectivity index (χ1n) is 8.75. The topological polar surface area (TPSA) is 64.7 Å². The van der Waals surface area contributed by atoms with E-state index in [2.05, 4.69) is 15.5 Å². The number of hydrogen-bond acceptors (Lipinski definition) is 4. The molecule has 1 aliphatic heterocycles. The van der Waals surface area contributed by atoms with E-state index in [0.717, 1.165) is 32.6 Å². The molecule has 138 valence electrons. The number of nitrogens with one attached hydrogen (secondary N) is 2. The average molecular weight is 350 g/mol. The zero-order chi connectivity index (χ0) is 18.2. The van der Waals surface area contributed by atoms with Crippen molar-refractivity contribution in [1.82, 2.24) is 15.1 Å². The first-order valence-corrected chi connectivity index (χ1v) is 8.75. The lowest BCUT2D eigenvalue weighted by Gasteiger charge is -2.34. The van der Waals surface area contributed by atoms with Gasteiger partial charge < -0.3 is 10.6 Å². The van der Waals surface area contributed by atoms with E-state index in [9.17, 15) is 14.0 Å². The summed E-state index contributed by atoms with van der Waals surface area (Å²) in [6, 6.07) is 6.06. The quantitative estimate of drug-likeness (QED) is 0.778. The highest BCUT2D eigenvalue weighted by Crippen LogP contribution is 2.09. The van der Waals surface area contributed by atoms with Crippen LogP contribution in [0.4, 0.5) is 10.1 Å². The number of nitrogens with zero attached hydrogens (tertiary/aromatic N) is 2.